The first-order valence-electron chi connectivity index (χ1n) is 5.58. The number of nitrogens with zero attached hydrogens (tertiary/aromatic N) is 2. The van der Waals surface area contributed by atoms with Gasteiger partial charge in [-0.3, -0.25) is 9.78 Å². The highest BCUT2D eigenvalue weighted by molar-refractivity contribution is 5.96. The minimum atomic E-state index is -0.101. The Hall–Kier alpha value is -1.90. The molecule has 96 valence electrons. The van der Waals surface area contributed by atoms with Crippen LogP contribution < -0.4 is 5.73 Å². The maximum atomic E-state index is 12.2. The highest BCUT2D eigenvalue weighted by Gasteiger charge is 2.14. The van der Waals surface area contributed by atoms with Crippen LogP contribution in [0, 0.1) is 11.8 Å². The Morgan fingerprint density at radius 1 is 1.61 bits per heavy atom. The van der Waals surface area contributed by atoms with Crippen LogP contribution >= 0.6 is 0 Å². The van der Waals surface area contributed by atoms with Crippen molar-refractivity contribution in [1.29, 1.82) is 0 Å². The van der Waals surface area contributed by atoms with Crippen LogP contribution in [-0.4, -0.2) is 49.6 Å². The standard InChI is InChI=1S/C13H17N3O2/c1-16(8-9-18-2)13(17)12-5-7-15-10-11(12)4-3-6-14/h5,7,10H,6,8-9,14H2,1-2H3. The molecule has 18 heavy (non-hydrogen) atoms. The molecule has 0 aliphatic rings. The summed E-state index contributed by atoms with van der Waals surface area (Å²) in [5.41, 5.74) is 6.45. The average Bonchev–Trinajstić information content (AvgIpc) is 2.42. The molecule has 0 atom stereocenters. The van der Waals surface area contributed by atoms with Crippen molar-refractivity contribution in [3.05, 3.63) is 29.6 Å². The quantitative estimate of drug-likeness (QED) is 0.767. The van der Waals surface area contributed by atoms with Crippen molar-refractivity contribution in [3.63, 3.8) is 0 Å². The molecule has 5 nitrogen and oxygen atoms in total. The SMILES string of the molecule is COCCN(C)C(=O)c1ccncc1C#CCN. The fourth-order valence-electron chi connectivity index (χ4n) is 1.36. The fraction of sp³-hybridized carbons (Fsp3) is 0.385. The molecule has 1 rings (SSSR count). The van der Waals surface area contributed by atoms with E-state index in [0.717, 1.165) is 0 Å². The van der Waals surface area contributed by atoms with Crippen molar-refractivity contribution in [2.75, 3.05) is 33.9 Å². The summed E-state index contributed by atoms with van der Waals surface area (Å²) in [6.45, 7) is 1.28. The van der Waals surface area contributed by atoms with Crippen molar-refractivity contribution in [2.24, 2.45) is 5.73 Å². The molecule has 0 aliphatic heterocycles. The summed E-state index contributed by atoms with van der Waals surface area (Å²) < 4.78 is 4.94. The number of nitrogens with two attached hydrogens (primary N) is 1. The highest BCUT2D eigenvalue weighted by Crippen LogP contribution is 2.08. The molecule has 5 heteroatoms. The first kappa shape index (κ1) is 14.2. The van der Waals surface area contributed by atoms with Gasteiger partial charge in [-0.25, -0.2) is 0 Å². The second-order valence-corrected chi connectivity index (χ2v) is 3.65. The molecule has 0 unspecified atom stereocenters. The second kappa shape index (κ2) is 7.43. The van der Waals surface area contributed by atoms with E-state index in [0.29, 0.717) is 24.3 Å². The predicted octanol–water partition coefficient (Wildman–Crippen LogP) is 0.110. The third-order valence-corrected chi connectivity index (χ3v) is 2.35. The van der Waals surface area contributed by atoms with Crippen LogP contribution in [0.15, 0.2) is 18.5 Å². The van der Waals surface area contributed by atoms with Gasteiger partial charge in [0.1, 0.15) is 0 Å². The number of ether oxygens (including phenoxy) is 1. The lowest BCUT2D eigenvalue weighted by atomic mass is 10.1. The Kier molecular flexibility index (Phi) is 5.85. The van der Waals surface area contributed by atoms with Gasteiger partial charge in [0.25, 0.3) is 5.91 Å². The molecule has 1 heterocycles. The van der Waals surface area contributed by atoms with Crippen LogP contribution in [0.25, 0.3) is 0 Å². The van der Waals surface area contributed by atoms with E-state index in [9.17, 15) is 4.79 Å². The van der Waals surface area contributed by atoms with E-state index >= 15 is 0 Å². The third-order valence-electron chi connectivity index (χ3n) is 2.35. The molecule has 1 amide bonds. The largest absolute Gasteiger partial charge is 0.383 e. The van der Waals surface area contributed by atoms with E-state index in [1.807, 2.05) is 0 Å². The highest BCUT2D eigenvalue weighted by atomic mass is 16.5. The molecular weight excluding hydrogens is 230 g/mol. The van der Waals surface area contributed by atoms with Crippen LogP contribution in [0.2, 0.25) is 0 Å². The van der Waals surface area contributed by atoms with Crippen molar-refractivity contribution >= 4 is 5.91 Å². The zero-order valence-corrected chi connectivity index (χ0v) is 10.6. The van der Waals surface area contributed by atoms with Crippen LogP contribution in [0.5, 0.6) is 0 Å². The Morgan fingerprint density at radius 3 is 3.06 bits per heavy atom. The smallest absolute Gasteiger partial charge is 0.255 e. The summed E-state index contributed by atoms with van der Waals surface area (Å²) in [6.07, 6.45) is 3.14. The molecular formula is C13H17N3O2. The van der Waals surface area contributed by atoms with Gasteiger partial charge in [-0.05, 0) is 6.07 Å². The van der Waals surface area contributed by atoms with Crippen molar-refractivity contribution < 1.29 is 9.53 Å². The third kappa shape index (κ3) is 3.84. The van der Waals surface area contributed by atoms with Gasteiger partial charge in [0, 0.05) is 33.1 Å². The van der Waals surface area contributed by atoms with E-state index in [4.69, 9.17) is 10.5 Å². The summed E-state index contributed by atoms with van der Waals surface area (Å²) in [6, 6.07) is 1.66. The molecule has 1 aromatic rings. The topological polar surface area (TPSA) is 68.5 Å². The Labute approximate surface area is 107 Å². The zero-order valence-electron chi connectivity index (χ0n) is 10.6. The molecule has 1 aromatic heterocycles. The fourth-order valence-corrected chi connectivity index (χ4v) is 1.36. The Bertz CT molecular complexity index is 463. The molecule has 0 saturated carbocycles. The number of aromatic nitrogens is 1. The number of likely N-dealkylation sites (N-methyl/N-ethyl adjacent to an activating group) is 1. The summed E-state index contributed by atoms with van der Waals surface area (Å²) in [5.74, 6) is 5.47. The van der Waals surface area contributed by atoms with Crippen LogP contribution in [0.3, 0.4) is 0 Å². The molecule has 0 aromatic carbocycles. The minimum Gasteiger partial charge on any atom is -0.383 e. The Balaban J connectivity index is 2.91. The lowest BCUT2D eigenvalue weighted by Crippen LogP contribution is -2.30. The molecule has 0 spiro atoms. The Morgan fingerprint density at radius 2 is 2.39 bits per heavy atom. The van der Waals surface area contributed by atoms with Gasteiger partial charge >= 0.3 is 0 Å². The lowest BCUT2D eigenvalue weighted by Gasteiger charge is -2.17. The maximum Gasteiger partial charge on any atom is 0.255 e. The number of pyridine rings is 1. The first-order chi connectivity index (χ1) is 8.70. The average molecular weight is 247 g/mol. The van der Waals surface area contributed by atoms with Crippen LogP contribution in [-0.2, 0) is 4.74 Å². The molecule has 0 bridgehead atoms. The number of hydrogen-bond donors (Lipinski definition) is 1. The van der Waals surface area contributed by atoms with Crippen molar-refractivity contribution in [2.45, 2.75) is 0 Å². The minimum absolute atomic E-state index is 0.101. The van der Waals surface area contributed by atoms with Gasteiger partial charge in [-0.1, -0.05) is 11.8 Å². The van der Waals surface area contributed by atoms with E-state index in [1.165, 1.54) is 0 Å². The monoisotopic (exact) mass is 247 g/mol. The van der Waals surface area contributed by atoms with Gasteiger partial charge < -0.3 is 15.4 Å². The zero-order chi connectivity index (χ0) is 13.4. The first-order valence-corrected chi connectivity index (χ1v) is 5.58. The van der Waals surface area contributed by atoms with Crippen molar-refractivity contribution in [3.8, 4) is 11.8 Å². The number of methoxy groups -OCH3 is 1. The van der Waals surface area contributed by atoms with Gasteiger partial charge in [-0.2, -0.15) is 0 Å². The second-order valence-electron chi connectivity index (χ2n) is 3.65. The number of amides is 1. The van der Waals surface area contributed by atoms with E-state index < -0.39 is 0 Å². The van der Waals surface area contributed by atoms with Crippen molar-refractivity contribution in [1.82, 2.24) is 9.88 Å². The number of carbonyl (C=O) groups is 1. The molecule has 0 aliphatic carbocycles. The molecule has 0 radical (unpaired) electrons. The van der Waals surface area contributed by atoms with Gasteiger partial charge in [0.15, 0.2) is 0 Å². The number of rotatable bonds is 4. The van der Waals surface area contributed by atoms with E-state index in [-0.39, 0.29) is 12.5 Å². The van der Waals surface area contributed by atoms with Gasteiger partial charge in [0.2, 0.25) is 0 Å². The van der Waals surface area contributed by atoms with E-state index in [2.05, 4.69) is 16.8 Å². The summed E-state index contributed by atoms with van der Waals surface area (Å²) in [5, 5.41) is 0. The number of carbonyl (C=O) groups excluding carboxylic acids is 1. The molecule has 0 saturated heterocycles. The normalized spacial score (nSPS) is 9.50. The van der Waals surface area contributed by atoms with Gasteiger partial charge in [-0.15, -0.1) is 0 Å². The maximum absolute atomic E-state index is 12.2. The molecule has 0 fully saturated rings. The van der Waals surface area contributed by atoms with E-state index in [1.54, 1.807) is 37.5 Å². The summed E-state index contributed by atoms with van der Waals surface area (Å²) >= 11 is 0. The summed E-state index contributed by atoms with van der Waals surface area (Å²) in [7, 11) is 3.32. The van der Waals surface area contributed by atoms with Crippen LogP contribution in [0.1, 0.15) is 15.9 Å². The lowest BCUT2D eigenvalue weighted by molar-refractivity contribution is 0.0744. The molecule has 2 N–H and O–H groups in total. The predicted molar refractivity (Wildman–Crippen MR) is 69.0 cm³/mol. The van der Waals surface area contributed by atoms with Gasteiger partial charge in [0.05, 0.1) is 24.3 Å². The summed E-state index contributed by atoms with van der Waals surface area (Å²) in [4.78, 5) is 17.7. The van der Waals surface area contributed by atoms with Crippen LogP contribution in [0.4, 0.5) is 0 Å². The number of hydrogen-bond acceptors (Lipinski definition) is 4.